The standard InChI is InChI=1S/C10H12INO2/c1-7-6-8(2-3-9(7)11)12-5-4-10(13)14/h2-3,6,12H,4-5H2,1H3,(H,13,14). The molecule has 76 valence electrons. The molecule has 0 spiro atoms. The molecule has 14 heavy (non-hydrogen) atoms. The molecule has 0 amide bonds. The first-order valence-electron chi connectivity index (χ1n) is 4.31. The minimum Gasteiger partial charge on any atom is -0.481 e. The lowest BCUT2D eigenvalue weighted by atomic mass is 10.2. The minimum atomic E-state index is -0.778. The Kier molecular flexibility index (Phi) is 4.19. The van der Waals surface area contributed by atoms with Gasteiger partial charge in [0, 0.05) is 15.8 Å². The van der Waals surface area contributed by atoms with E-state index in [2.05, 4.69) is 27.9 Å². The molecule has 1 rings (SSSR count). The molecule has 0 saturated heterocycles. The van der Waals surface area contributed by atoms with Gasteiger partial charge in [-0.05, 0) is 53.3 Å². The Labute approximate surface area is 96.7 Å². The molecule has 1 aromatic carbocycles. The summed E-state index contributed by atoms with van der Waals surface area (Å²) in [4.78, 5) is 10.3. The summed E-state index contributed by atoms with van der Waals surface area (Å²) in [5.41, 5.74) is 2.18. The van der Waals surface area contributed by atoms with E-state index in [0.29, 0.717) is 6.54 Å². The number of nitrogens with one attached hydrogen (secondary N) is 1. The molecule has 1 aromatic rings. The highest BCUT2D eigenvalue weighted by atomic mass is 127. The fraction of sp³-hybridized carbons (Fsp3) is 0.300. The number of anilines is 1. The van der Waals surface area contributed by atoms with Gasteiger partial charge in [0.25, 0.3) is 0 Å². The predicted octanol–water partition coefficient (Wildman–Crippen LogP) is 2.49. The Morgan fingerprint density at radius 2 is 2.29 bits per heavy atom. The lowest BCUT2D eigenvalue weighted by molar-refractivity contribution is -0.136. The van der Waals surface area contributed by atoms with Gasteiger partial charge in [0.15, 0.2) is 0 Å². The highest BCUT2D eigenvalue weighted by molar-refractivity contribution is 14.1. The van der Waals surface area contributed by atoms with Gasteiger partial charge in [-0.3, -0.25) is 4.79 Å². The fourth-order valence-electron chi connectivity index (χ4n) is 1.07. The van der Waals surface area contributed by atoms with E-state index >= 15 is 0 Å². The lowest BCUT2D eigenvalue weighted by Crippen LogP contribution is -2.07. The summed E-state index contributed by atoms with van der Waals surface area (Å²) in [5, 5.41) is 11.5. The van der Waals surface area contributed by atoms with Crippen molar-refractivity contribution >= 4 is 34.2 Å². The molecule has 0 aliphatic heterocycles. The zero-order valence-corrected chi connectivity index (χ0v) is 10.0. The number of benzene rings is 1. The lowest BCUT2D eigenvalue weighted by Gasteiger charge is -2.06. The van der Waals surface area contributed by atoms with Crippen LogP contribution >= 0.6 is 22.6 Å². The van der Waals surface area contributed by atoms with Gasteiger partial charge in [-0.25, -0.2) is 0 Å². The van der Waals surface area contributed by atoms with Crippen LogP contribution in [0, 0.1) is 10.5 Å². The Hall–Kier alpha value is -0.780. The third-order valence-corrected chi connectivity index (χ3v) is 3.04. The fourth-order valence-corrected chi connectivity index (χ4v) is 1.40. The molecule has 4 heteroatoms. The summed E-state index contributed by atoms with van der Waals surface area (Å²) in [6.07, 6.45) is 0.144. The number of hydrogen-bond acceptors (Lipinski definition) is 2. The minimum absolute atomic E-state index is 0.144. The molecule has 0 atom stereocenters. The van der Waals surface area contributed by atoms with Crippen molar-refractivity contribution in [2.45, 2.75) is 13.3 Å². The van der Waals surface area contributed by atoms with Crippen molar-refractivity contribution < 1.29 is 9.90 Å². The highest BCUT2D eigenvalue weighted by Gasteiger charge is 1.98. The van der Waals surface area contributed by atoms with Crippen LogP contribution in [0.15, 0.2) is 18.2 Å². The van der Waals surface area contributed by atoms with E-state index < -0.39 is 5.97 Å². The van der Waals surface area contributed by atoms with Crippen LogP contribution in [0.1, 0.15) is 12.0 Å². The number of carboxylic acid groups (broad SMARTS) is 1. The smallest absolute Gasteiger partial charge is 0.305 e. The van der Waals surface area contributed by atoms with Crippen LogP contribution in [0.3, 0.4) is 0 Å². The largest absolute Gasteiger partial charge is 0.481 e. The van der Waals surface area contributed by atoms with E-state index in [0.717, 1.165) is 5.69 Å². The Morgan fingerprint density at radius 3 is 2.86 bits per heavy atom. The van der Waals surface area contributed by atoms with Gasteiger partial charge >= 0.3 is 5.97 Å². The zero-order chi connectivity index (χ0) is 10.6. The summed E-state index contributed by atoms with van der Waals surface area (Å²) < 4.78 is 1.21. The molecule has 0 fully saturated rings. The molecule has 3 nitrogen and oxygen atoms in total. The van der Waals surface area contributed by atoms with Crippen molar-refractivity contribution in [2.75, 3.05) is 11.9 Å². The number of carboxylic acids is 1. The van der Waals surface area contributed by atoms with E-state index in [9.17, 15) is 4.79 Å². The predicted molar refractivity (Wildman–Crippen MR) is 64.6 cm³/mol. The van der Waals surface area contributed by atoms with Gasteiger partial charge in [0.1, 0.15) is 0 Å². The van der Waals surface area contributed by atoms with Crippen LogP contribution in [0.25, 0.3) is 0 Å². The molecule has 0 bridgehead atoms. The van der Waals surface area contributed by atoms with Crippen molar-refractivity contribution in [3.05, 3.63) is 27.3 Å². The van der Waals surface area contributed by atoms with E-state index in [1.165, 1.54) is 9.13 Å². The van der Waals surface area contributed by atoms with Gasteiger partial charge in [-0.2, -0.15) is 0 Å². The number of rotatable bonds is 4. The van der Waals surface area contributed by atoms with Crippen molar-refractivity contribution in [1.29, 1.82) is 0 Å². The first-order chi connectivity index (χ1) is 6.59. The van der Waals surface area contributed by atoms with Gasteiger partial charge in [-0.1, -0.05) is 0 Å². The Balaban J connectivity index is 2.51. The van der Waals surface area contributed by atoms with Crippen molar-refractivity contribution in [2.24, 2.45) is 0 Å². The second-order valence-electron chi connectivity index (χ2n) is 3.03. The molecular weight excluding hydrogens is 293 g/mol. The van der Waals surface area contributed by atoms with Crippen LogP contribution in [0.4, 0.5) is 5.69 Å². The van der Waals surface area contributed by atoms with Gasteiger partial charge in [-0.15, -0.1) is 0 Å². The first-order valence-corrected chi connectivity index (χ1v) is 5.39. The maximum absolute atomic E-state index is 10.3. The van der Waals surface area contributed by atoms with Crippen LogP contribution in [0.2, 0.25) is 0 Å². The summed E-state index contributed by atoms with van der Waals surface area (Å²) in [6.45, 7) is 2.50. The van der Waals surface area contributed by atoms with Crippen LogP contribution in [-0.2, 0) is 4.79 Å². The van der Waals surface area contributed by atoms with Crippen LogP contribution in [0.5, 0.6) is 0 Å². The second kappa shape index (κ2) is 5.19. The normalized spacial score (nSPS) is 9.86. The number of hydrogen-bond donors (Lipinski definition) is 2. The summed E-state index contributed by atoms with van der Waals surface area (Å²) >= 11 is 2.27. The molecule has 0 aliphatic carbocycles. The molecule has 2 N–H and O–H groups in total. The second-order valence-corrected chi connectivity index (χ2v) is 4.20. The zero-order valence-electron chi connectivity index (χ0n) is 7.88. The molecule has 0 unspecified atom stereocenters. The van der Waals surface area contributed by atoms with Gasteiger partial charge < -0.3 is 10.4 Å². The van der Waals surface area contributed by atoms with Crippen molar-refractivity contribution in [1.82, 2.24) is 0 Å². The van der Waals surface area contributed by atoms with E-state index in [4.69, 9.17) is 5.11 Å². The molecule has 0 saturated carbocycles. The third-order valence-electron chi connectivity index (χ3n) is 1.83. The van der Waals surface area contributed by atoms with Gasteiger partial charge in [0.05, 0.1) is 6.42 Å². The number of halogens is 1. The topological polar surface area (TPSA) is 49.3 Å². The quantitative estimate of drug-likeness (QED) is 0.840. The number of aliphatic carboxylic acids is 1. The summed E-state index contributed by atoms with van der Waals surface area (Å²) in [5.74, 6) is -0.778. The Bertz CT molecular complexity index is 339. The number of aryl methyl sites for hydroxylation is 1. The average molecular weight is 305 g/mol. The summed E-state index contributed by atoms with van der Waals surface area (Å²) in [6, 6.07) is 5.99. The maximum Gasteiger partial charge on any atom is 0.305 e. The SMILES string of the molecule is Cc1cc(NCCC(=O)O)ccc1I. The van der Waals surface area contributed by atoms with Crippen LogP contribution < -0.4 is 5.32 Å². The first kappa shape index (κ1) is 11.3. The van der Waals surface area contributed by atoms with Crippen molar-refractivity contribution in [3.63, 3.8) is 0 Å². The van der Waals surface area contributed by atoms with E-state index in [1.54, 1.807) is 0 Å². The van der Waals surface area contributed by atoms with E-state index in [1.807, 2.05) is 25.1 Å². The number of carbonyl (C=O) groups is 1. The molecule has 0 aliphatic rings. The molecule has 0 radical (unpaired) electrons. The molecule has 0 heterocycles. The van der Waals surface area contributed by atoms with E-state index in [-0.39, 0.29) is 6.42 Å². The van der Waals surface area contributed by atoms with Crippen LogP contribution in [-0.4, -0.2) is 17.6 Å². The van der Waals surface area contributed by atoms with Gasteiger partial charge in [0.2, 0.25) is 0 Å². The molecule has 0 aromatic heterocycles. The van der Waals surface area contributed by atoms with Crippen molar-refractivity contribution in [3.8, 4) is 0 Å². The monoisotopic (exact) mass is 305 g/mol. The third kappa shape index (κ3) is 3.53. The molecular formula is C10H12INO2. The average Bonchev–Trinajstić information content (AvgIpc) is 2.10. The Morgan fingerprint density at radius 1 is 1.57 bits per heavy atom. The maximum atomic E-state index is 10.3. The highest BCUT2D eigenvalue weighted by Crippen LogP contribution is 2.16. The summed E-state index contributed by atoms with van der Waals surface area (Å²) in [7, 11) is 0.